The molecule has 11 nitrogen and oxygen atoms in total. The molecule has 0 fully saturated rings. The molecule has 0 aliphatic heterocycles. The normalized spacial score (nSPS) is 16.7. The molecule has 2 heterocycles. The second kappa shape index (κ2) is 12.8. The third-order valence-corrected chi connectivity index (χ3v) is 10.0. The zero-order chi connectivity index (χ0) is 37.9. The van der Waals surface area contributed by atoms with Gasteiger partial charge in [-0.1, -0.05) is 84.9 Å². The van der Waals surface area contributed by atoms with Crippen molar-refractivity contribution in [1.29, 1.82) is 0 Å². The molecule has 11 heteroatoms. The third kappa shape index (κ3) is 5.46. The van der Waals surface area contributed by atoms with E-state index in [4.69, 9.17) is 8.83 Å². The van der Waals surface area contributed by atoms with Crippen molar-refractivity contribution in [2.75, 3.05) is 0 Å². The van der Waals surface area contributed by atoms with Crippen LogP contribution in [-0.2, 0) is 12.0 Å². The molecular formula is C43H30O11. The van der Waals surface area contributed by atoms with Crippen LogP contribution in [0.1, 0.15) is 50.7 Å². The Balaban J connectivity index is 1.23. The Hall–Kier alpha value is -7.11. The van der Waals surface area contributed by atoms with Crippen molar-refractivity contribution >= 4 is 16.6 Å². The molecule has 268 valence electrons. The van der Waals surface area contributed by atoms with E-state index >= 15 is 0 Å². The summed E-state index contributed by atoms with van der Waals surface area (Å²) >= 11 is 0. The van der Waals surface area contributed by atoms with E-state index in [-0.39, 0.29) is 50.8 Å². The highest BCUT2D eigenvalue weighted by Gasteiger charge is 2.49. The van der Waals surface area contributed by atoms with E-state index in [1.165, 1.54) is 36.4 Å². The lowest BCUT2D eigenvalue weighted by molar-refractivity contribution is 0.00206. The smallest absolute Gasteiger partial charge is 0.343 e. The number of carbonyl (C=O) groups is 1. The highest BCUT2D eigenvalue weighted by Crippen LogP contribution is 2.51. The van der Waals surface area contributed by atoms with Crippen LogP contribution in [0.25, 0.3) is 33.2 Å². The number of aliphatic hydroxyl groups is 1. The largest absolute Gasteiger partial charge is 0.507 e. The van der Waals surface area contributed by atoms with E-state index in [1.807, 2.05) is 0 Å². The summed E-state index contributed by atoms with van der Waals surface area (Å²) in [5.74, 6) is -4.03. The summed E-state index contributed by atoms with van der Waals surface area (Å²) in [6.07, 6.45) is -1.09. The molecule has 2 atom stereocenters. The molecule has 1 aliphatic rings. The third-order valence-electron chi connectivity index (χ3n) is 10.0. The fourth-order valence-corrected chi connectivity index (χ4v) is 7.53. The second-order valence-corrected chi connectivity index (χ2v) is 13.2. The lowest BCUT2D eigenvalue weighted by Crippen LogP contribution is -2.41. The molecule has 5 aromatic carbocycles. The summed E-state index contributed by atoms with van der Waals surface area (Å²) < 4.78 is 11.5. The van der Waals surface area contributed by atoms with Gasteiger partial charge in [-0.2, -0.15) is 0 Å². The number of benzene rings is 5. The Morgan fingerprint density at radius 2 is 1.24 bits per heavy atom. The summed E-state index contributed by atoms with van der Waals surface area (Å²) in [7, 11) is 0. The second-order valence-electron chi connectivity index (χ2n) is 13.2. The van der Waals surface area contributed by atoms with E-state index in [9.17, 15) is 45.0 Å². The van der Waals surface area contributed by atoms with Gasteiger partial charge < -0.3 is 39.5 Å². The molecular weight excluding hydrogens is 692 g/mol. The van der Waals surface area contributed by atoms with Crippen LogP contribution < -0.4 is 11.3 Å². The van der Waals surface area contributed by atoms with Crippen LogP contribution in [0, 0.1) is 0 Å². The number of hydrogen-bond donors (Lipinski definition) is 6. The van der Waals surface area contributed by atoms with E-state index in [0.717, 1.165) is 6.07 Å². The predicted molar refractivity (Wildman–Crippen MR) is 197 cm³/mol. The van der Waals surface area contributed by atoms with Gasteiger partial charge in [0, 0.05) is 35.9 Å². The average molecular weight is 723 g/mol. The fraction of sp³-hybridized carbons (Fsp3) is 0.0930. The van der Waals surface area contributed by atoms with Crippen LogP contribution >= 0.6 is 0 Å². The molecule has 0 saturated carbocycles. The van der Waals surface area contributed by atoms with Gasteiger partial charge in [-0.25, -0.2) is 9.59 Å². The molecule has 0 amide bonds. The zero-order valence-electron chi connectivity index (χ0n) is 28.2. The van der Waals surface area contributed by atoms with Crippen molar-refractivity contribution in [3.8, 4) is 51.2 Å². The summed E-state index contributed by atoms with van der Waals surface area (Å²) in [6.45, 7) is 0. The van der Waals surface area contributed by atoms with Gasteiger partial charge in [0.2, 0.25) is 0 Å². The average Bonchev–Trinajstić information content (AvgIpc) is 3.14. The van der Waals surface area contributed by atoms with Crippen molar-refractivity contribution in [3.63, 3.8) is 0 Å². The predicted octanol–water partition coefficient (Wildman–Crippen LogP) is 6.81. The zero-order valence-corrected chi connectivity index (χ0v) is 28.2. The summed E-state index contributed by atoms with van der Waals surface area (Å²) in [5, 5.41) is 67.3. The van der Waals surface area contributed by atoms with Crippen molar-refractivity contribution in [3.05, 3.63) is 170 Å². The minimum atomic E-state index is -1.95. The molecule has 1 aliphatic carbocycles. The number of hydrogen-bond acceptors (Lipinski definition) is 11. The first-order valence-corrected chi connectivity index (χ1v) is 16.8. The standard InChI is InChI=1S/C43H30O11/c44-29-15-7-13-24-37(26(18-33(48)38(24)29)22-9-3-1-4-10-22)35-19-31(46)27(41(50)53-35)17-28-32(47)20-36(54-42(28)51)40-25-14-8-16-30(45)39(25)34(49)21-43(40,52)23-11-5-2-6-12-23/h1-16,18-20,40,44-48,52H,17,21H2/t40-,43-/m0/s1. The number of carbonyl (C=O) groups excluding carboxylic acids is 1. The van der Waals surface area contributed by atoms with Gasteiger partial charge in [-0.05, 0) is 40.5 Å². The number of phenolic OH excluding ortho intramolecular Hbond substituents is 3. The van der Waals surface area contributed by atoms with Gasteiger partial charge in [-0.3, -0.25) is 4.79 Å². The van der Waals surface area contributed by atoms with Gasteiger partial charge in [0.1, 0.15) is 45.9 Å². The molecule has 2 aromatic heterocycles. The monoisotopic (exact) mass is 722 g/mol. The van der Waals surface area contributed by atoms with Crippen molar-refractivity contribution in [2.45, 2.75) is 24.4 Å². The number of Topliss-reactive ketones (excluding diaryl/α,β-unsaturated/α-hetero) is 1. The van der Waals surface area contributed by atoms with Gasteiger partial charge in [-0.15, -0.1) is 0 Å². The summed E-state index contributed by atoms with van der Waals surface area (Å²) in [6, 6.07) is 29.8. The van der Waals surface area contributed by atoms with E-state index in [0.29, 0.717) is 27.6 Å². The maximum absolute atomic E-state index is 13.6. The van der Waals surface area contributed by atoms with Crippen molar-refractivity contribution < 1.29 is 44.3 Å². The molecule has 7 aromatic rings. The van der Waals surface area contributed by atoms with Crippen LogP contribution in [0.5, 0.6) is 28.7 Å². The van der Waals surface area contributed by atoms with Crippen LogP contribution in [0.2, 0.25) is 0 Å². The van der Waals surface area contributed by atoms with Crippen LogP contribution in [0.15, 0.2) is 134 Å². The first-order chi connectivity index (χ1) is 26.0. The van der Waals surface area contributed by atoms with Crippen LogP contribution in [0.4, 0.5) is 0 Å². The molecule has 0 spiro atoms. The quantitative estimate of drug-likeness (QED) is 0.105. The van der Waals surface area contributed by atoms with Gasteiger partial charge in [0.15, 0.2) is 5.78 Å². The number of aromatic hydroxyl groups is 5. The van der Waals surface area contributed by atoms with Gasteiger partial charge in [0.05, 0.1) is 28.0 Å². The molecule has 0 bridgehead atoms. The summed E-state index contributed by atoms with van der Waals surface area (Å²) in [5.41, 5.74) is -3.04. The Labute approximate surface area is 305 Å². The highest BCUT2D eigenvalue weighted by molar-refractivity contribution is 6.08. The molecule has 0 unspecified atom stereocenters. The number of ketones is 1. The minimum Gasteiger partial charge on any atom is -0.507 e. The van der Waals surface area contributed by atoms with E-state index in [2.05, 4.69) is 0 Å². The van der Waals surface area contributed by atoms with Crippen LogP contribution in [0.3, 0.4) is 0 Å². The lowest BCUT2D eigenvalue weighted by Gasteiger charge is -2.40. The maximum Gasteiger partial charge on any atom is 0.343 e. The number of rotatable bonds is 6. The van der Waals surface area contributed by atoms with E-state index in [1.54, 1.807) is 72.8 Å². The molecule has 6 N–H and O–H groups in total. The minimum absolute atomic E-state index is 0.0519. The Morgan fingerprint density at radius 3 is 1.93 bits per heavy atom. The topological polar surface area (TPSA) is 199 Å². The first kappa shape index (κ1) is 34.0. The SMILES string of the molecule is O=C1C[C@](O)(c2ccccc2)[C@H](c2cc(O)c(Cc3c(O)cc(-c4c(-c5ccccc5)cc(O)c5c(O)cccc45)oc3=O)c(=O)o2)c2cccc(O)c21. The van der Waals surface area contributed by atoms with E-state index < -0.39 is 58.5 Å². The number of fused-ring (bicyclic) bond motifs is 2. The van der Waals surface area contributed by atoms with Crippen LogP contribution in [-0.4, -0.2) is 36.4 Å². The molecule has 0 radical (unpaired) electrons. The Kier molecular flexibility index (Phi) is 8.08. The van der Waals surface area contributed by atoms with Crippen molar-refractivity contribution in [2.24, 2.45) is 0 Å². The highest BCUT2D eigenvalue weighted by atomic mass is 16.4. The Bertz CT molecular complexity index is 2750. The summed E-state index contributed by atoms with van der Waals surface area (Å²) in [4.78, 5) is 40.5. The first-order valence-electron chi connectivity index (χ1n) is 16.8. The lowest BCUT2D eigenvalue weighted by atomic mass is 9.67. The molecule has 8 rings (SSSR count). The molecule has 0 saturated heterocycles. The van der Waals surface area contributed by atoms with Gasteiger partial charge in [0.25, 0.3) is 0 Å². The maximum atomic E-state index is 13.6. The van der Waals surface area contributed by atoms with Crippen molar-refractivity contribution in [1.82, 2.24) is 0 Å². The Morgan fingerprint density at radius 1 is 0.611 bits per heavy atom. The van der Waals surface area contributed by atoms with Gasteiger partial charge >= 0.3 is 11.3 Å². The fourth-order valence-electron chi connectivity index (χ4n) is 7.53. The number of phenols is 3. The molecule has 54 heavy (non-hydrogen) atoms.